The van der Waals surface area contributed by atoms with Crippen LogP contribution in [0.5, 0.6) is 0 Å². The van der Waals surface area contributed by atoms with Gasteiger partial charge in [0.2, 0.25) is 5.91 Å². The summed E-state index contributed by atoms with van der Waals surface area (Å²) >= 11 is 0. The van der Waals surface area contributed by atoms with Gasteiger partial charge < -0.3 is 10.4 Å². The number of amides is 1. The molecule has 2 N–H and O–H groups in total. The topological polar surface area (TPSA) is 49.3 Å². The molecule has 0 heterocycles. The molecule has 114 valence electrons. The molecule has 0 aromatic heterocycles. The first-order chi connectivity index (χ1) is 10.3. The molecule has 0 bridgehead atoms. The molecule has 0 saturated heterocycles. The zero-order valence-corrected chi connectivity index (χ0v) is 12.7. The van der Waals surface area contributed by atoms with E-state index in [1.54, 1.807) is 0 Å². The molecule has 1 saturated carbocycles. The summed E-state index contributed by atoms with van der Waals surface area (Å²) < 4.78 is 0. The maximum absolute atomic E-state index is 12.4. The maximum Gasteiger partial charge on any atom is 0.224 e. The number of nitrogens with one attached hydrogen (secondary N) is 1. The van der Waals surface area contributed by atoms with Crippen molar-refractivity contribution in [2.75, 3.05) is 13.2 Å². The predicted molar refractivity (Wildman–Crippen MR) is 83.0 cm³/mol. The van der Waals surface area contributed by atoms with E-state index in [0.717, 1.165) is 25.7 Å². The fraction of sp³-hybridized carbons (Fsp3) is 0.611. The van der Waals surface area contributed by atoms with Gasteiger partial charge in [0, 0.05) is 19.1 Å². The lowest BCUT2D eigenvalue weighted by molar-refractivity contribution is -0.122. The van der Waals surface area contributed by atoms with Crippen LogP contribution in [-0.4, -0.2) is 24.2 Å². The van der Waals surface area contributed by atoms with Gasteiger partial charge in [0.1, 0.15) is 0 Å². The summed E-state index contributed by atoms with van der Waals surface area (Å²) in [6.07, 6.45) is 4.04. The van der Waals surface area contributed by atoms with Crippen LogP contribution in [0.25, 0.3) is 0 Å². The largest absolute Gasteiger partial charge is 0.396 e. The van der Waals surface area contributed by atoms with E-state index in [1.807, 2.05) is 0 Å². The van der Waals surface area contributed by atoms with Gasteiger partial charge in [0.15, 0.2) is 0 Å². The molecule has 4 atom stereocenters. The van der Waals surface area contributed by atoms with Crippen LogP contribution in [-0.2, 0) is 11.2 Å². The lowest BCUT2D eigenvalue weighted by atomic mass is 9.92. The lowest BCUT2D eigenvalue weighted by Crippen LogP contribution is -2.31. The number of carbonyl (C=O) groups excluding carboxylic acids is 1. The van der Waals surface area contributed by atoms with Crippen molar-refractivity contribution in [2.24, 2.45) is 17.8 Å². The second-order valence-corrected chi connectivity index (χ2v) is 6.48. The Morgan fingerprint density at radius 1 is 1.43 bits per heavy atom. The van der Waals surface area contributed by atoms with Crippen LogP contribution in [0.15, 0.2) is 24.3 Å². The normalized spacial score (nSPS) is 27.4. The van der Waals surface area contributed by atoms with E-state index in [1.165, 1.54) is 11.1 Å². The third kappa shape index (κ3) is 2.84. The monoisotopic (exact) mass is 287 g/mol. The molecule has 3 nitrogen and oxygen atoms in total. The van der Waals surface area contributed by atoms with Crippen LogP contribution >= 0.6 is 0 Å². The van der Waals surface area contributed by atoms with Crippen LogP contribution in [0.4, 0.5) is 0 Å². The molecule has 2 aliphatic rings. The quantitative estimate of drug-likeness (QED) is 0.844. The third-order valence-electron chi connectivity index (χ3n) is 5.31. The fourth-order valence-corrected chi connectivity index (χ4v) is 3.92. The van der Waals surface area contributed by atoms with E-state index in [4.69, 9.17) is 5.11 Å². The van der Waals surface area contributed by atoms with Crippen molar-refractivity contribution in [1.82, 2.24) is 5.32 Å². The average Bonchev–Trinajstić information content (AvgIpc) is 3.26. The minimum Gasteiger partial charge on any atom is -0.396 e. The molecule has 0 radical (unpaired) electrons. The van der Waals surface area contributed by atoms with Crippen molar-refractivity contribution in [1.29, 1.82) is 0 Å². The number of rotatable bonds is 6. The van der Waals surface area contributed by atoms with Crippen LogP contribution in [0.2, 0.25) is 0 Å². The Kier molecular flexibility index (Phi) is 4.29. The number of aryl methyl sites for hydroxylation is 1. The summed E-state index contributed by atoms with van der Waals surface area (Å²) in [5, 5.41) is 12.1. The number of hydrogen-bond acceptors (Lipinski definition) is 2. The molecular weight excluding hydrogens is 262 g/mol. The molecule has 0 aliphatic heterocycles. The Balaban J connectivity index is 1.59. The molecule has 3 rings (SSSR count). The number of hydrogen-bond donors (Lipinski definition) is 2. The third-order valence-corrected chi connectivity index (χ3v) is 5.31. The SMILES string of the molecule is CCC(CCO)CNC(=O)C1C2CCc3ccccc3C21. The highest BCUT2D eigenvalue weighted by atomic mass is 16.3. The maximum atomic E-state index is 12.4. The molecule has 1 fully saturated rings. The molecule has 0 spiro atoms. The Morgan fingerprint density at radius 3 is 3.00 bits per heavy atom. The van der Waals surface area contributed by atoms with Gasteiger partial charge in [-0.1, -0.05) is 37.6 Å². The van der Waals surface area contributed by atoms with E-state index < -0.39 is 0 Å². The second-order valence-electron chi connectivity index (χ2n) is 6.48. The van der Waals surface area contributed by atoms with Gasteiger partial charge in [-0.3, -0.25) is 4.79 Å². The van der Waals surface area contributed by atoms with Crippen LogP contribution < -0.4 is 5.32 Å². The predicted octanol–water partition coefficient (Wildman–Crippen LogP) is 2.49. The first-order valence-corrected chi connectivity index (χ1v) is 8.22. The molecule has 1 aromatic rings. The average molecular weight is 287 g/mol. The number of aliphatic hydroxyl groups excluding tert-OH is 1. The minimum absolute atomic E-state index is 0.181. The van der Waals surface area contributed by atoms with E-state index >= 15 is 0 Å². The summed E-state index contributed by atoms with van der Waals surface area (Å²) in [4.78, 5) is 12.4. The fourth-order valence-electron chi connectivity index (χ4n) is 3.92. The highest BCUT2D eigenvalue weighted by Crippen LogP contribution is 2.59. The molecule has 3 heteroatoms. The van der Waals surface area contributed by atoms with E-state index in [-0.39, 0.29) is 18.4 Å². The standard InChI is InChI=1S/C18H25NO2/c1-2-12(9-10-20)11-19-18(21)17-15-8-7-13-5-3-4-6-14(13)16(15)17/h3-6,12,15-17,20H,2,7-11H2,1H3,(H,19,21). The van der Waals surface area contributed by atoms with Gasteiger partial charge >= 0.3 is 0 Å². The van der Waals surface area contributed by atoms with Crippen molar-refractivity contribution in [3.8, 4) is 0 Å². The molecular formula is C18H25NO2. The highest BCUT2D eigenvalue weighted by molar-refractivity contribution is 5.84. The summed E-state index contributed by atoms with van der Waals surface area (Å²) in [6, 6.07) is 8.58. The Labute approximate surface area is 126 Å². The number of benzene rings is 1. The van der Waals surface area contributed by atoms with Crippen molar-refractivity contribution in [3.63, 3.8) is 0 Å². The van der Waals surface area contributed by atoms with Crippen LogP contribution in [0.1, 0.15) is 43.2 Å². The summed E-state index contributed by atoms with van der Waals surface area (Å²) in [5.41, 5.74) is 2.83. The van der Waals surface area contributed by atoms with Gasteiger partial charge in [0.25, 0.3) is 0 Å². The van der Waals surface area contributed by atoms with Gasteiger partial charge in [0.05, 0.1) is 0 Å². The number of aliphatic hydroxyl groups is 1. The van der Waals surface area contributed by atoms with Crippen LogP contribution in [0, 0.1) is 17.8 Å². The molecule has 1 amide bonds. The van der Waals surface area contributed by atoms with E-state index in [2.05, 4.69) is 36.5 Å². The Hall–Kier alpha value is -1.35. The van der Waals surface area contributed by atoms with Crippen molar-refractivity contribution >= 4 is 5.91 Å². The van der Waals surface area contributed by atoms with Gasteiger partial charge in [-0.25, -0.2) is 0 Å². The summed E-state index contributed by atoms with van der Waals surface area (Å²) in [5.74, 6) is 1.80. The van der Waals surface area contributed by atoms with Gasteiger partial charge in [-0.15, -0.1) is 0 Å². The second kappa shape index (κ2) is 6.18. The summed E-state index contributed by atoms with van der Waals surface area (Å²) in [6.45, 7) is 3.02. The molecule has 4 unspecified atom stereocenters. The smallest absolute Gasteiger partial charge is 0.224 e. The van der Waals surface area contributed by atoms with E-state index in [0.29, 0.717) is 24.3 Å². The molecule has 21 heavy (non-hydrogen) atoms. The van der Waals surface area contributed by atoms with Crippen LogP contribution in [0.3, 0.4) is 0 Å². The van der Waals surface area contributed by atoms with Gasteiger partial charge in [-0.05, 0) is 48.1 Å². The van der Waals surface area contributed by atoms with Gasteiger partial charge in [-0.2, -0.15) is 0 Å². The zero-order chi connectivity index (χ0) is 14.8. The van der Waals surface area contributed by atoms with Crippen molar-refractivity contribution < 1.29 is 9.90 Å². The zero-order valence-electron chi connectivity index (χ0n) is 12.7. The Morgan fingerprint density at radius 2 is 2.24 bits per heavy atom. The molecule has 2 aliphatic carbocycles. The first-order valence-electron chi connectivity index (χ1n) is 8.22. The van der Waals surface area contributed by atoms with E-state index in [9.17, 15) is 4.79 Å². The highest BCUT2D eigenvalue weighted by Gasteiger charge is 2.56. The summed E-state index contributed by atoms with van der Waals surface area (Å²) in [7, 11) is 0. The molecule has 1 aromatic carbocycles. The number of carbonyl (C=O) groups is 1. The number of fused-ring (bicyclic) bond motifs is 3. The van der Waals surface area contributed by atoms with Crippen molar-refractivity contribution in [2.45, 2.75) is 38.5 Å². The minimum atomic E-state index is 0.181. The van der Waals surface area contributed by atoms with Crippen molar-refractivity contribution in [3.05, 3.63) is 35.4 Å². The first kappa shape index (κ1) is 14.6. The lowest BCUT2D eigenvalue weighted by Gasteiger charge is -2.14. The Bertz CT molecular complexity index is 514.